The van der Waals surface area contributed by atoms with Gasteiger partial charge < -0.3 is 5.11 Å². The number of benzene rings is 2. The summed E-state index contributed by atoms with van der Waals surface area (Å²) in [5, 5.41) is 11.8. The zero-order chi connectivity index (χ0) is 14.3. The molecule has 102 valence electrons. The van der Waals surface area contributed by atoms with Crippen LogP contribution < -0.4 is 0 Å². The van der Waals surface area contributed by atoms with Crippen molar-refractivity contribution in [3.63, 3.8) is 0 Å². The van der Waals surface area contributed by atoms with Crippen LogP contribution in [-0.4, -0.2) is 5.11 Å². The number of halogens is 3. The highest BCUT2D eigenvalue weighted by molar-refractivity contribution is 9.13. The first kappa shape index (κ1) is 14.2. The van der Waals surface area contributed by atoms with Crippen molar-refractivity contribution >= 4 is 54.0 Å². The zero-order valence-corrected chi connectivity index (χ0v) is 14.1. The fraction of sp³-hybridized carbons (Fsp3) is 0.0667. The number of aliphatic hydroxyl groups excluding tert-OH is 1. The van der Waals surface area contributed by atoms with E-state index in [-0.39, 0.29) is 5.82 Å². The summed E-state index contributed by atoms with van der Waals surface area (Å²) >= 11 is 8.29. The highest BCUT2D eigenvalue weighted by Gasteiger charge is 2.18. The van der Waals surface area contributed by atoms with Gasteiger partial charge in [-0.2, -0.15) is 0 Å². The molecule has 0 aliphatic carbocycles. The molecule has 1 N–H and O–H groups in total. The molecular weight excluding hydrogens is 407 g/mol. The Morgan fingerprint density at radius 2 is 1.75 bits per heavy atom. The first-order chi connectivity index (χ1) is 9.58. The van der Waals surface area contributed by atoms with E-state index < -0.39 is 6.10 Å². The van der Waals surface area contributed by atoms with Crippen LogP contribution >= 0.6 is 43.2 Å². The molecular formula is C15H9Br2FOS. The molecule has 3 aromatic rings. The molecule has 0 saturated heterocycles. The third-order valence-corrected chi connectivity index (χ3v) is 6.44. The van der Waals surface area contributed by atoms with Crippen molar-refractivity contribution in [1.82, 2.24) is 0 Å². The lowest BCUT2D eigenvalue weighted by atomic mass is 9.99. The minimum atomic E-state index is -0.770. The number of hydrogen-bond acceptors (Lipinski definition) is 2. The Hall–Kier alpha value is -0.750. The van der Waals surface area contributed by atoms with Gasteiger partial charge in [0.15, 0.2) is 0 Å². The van der Waals surface area contributed by atoms with E-state index in [0.717, 1.165) is 18.5 Å². The Kier molecular flexibility index (Phi) is 3.95. The Morgan fingerprint density at radius 1 is 1.05 bits per heavy atom. The summed E-state index contributed by atoms with van der Waals surface area (Å²) in [4.78, 5) is 0.806. The van der Waals surface area contributed by atoms with E-state index in [1.807, 2.05) is 18.2 Å². The average Bonchev–Trinajstić information content (AvgIpc) is 2.79. The van der Waals surface area contributed by atoms with Gasteiger partial charge in [-0.1, -0.05) is 30.3 Å². The molecule has 1 heterocycles. The predicted octanol–water partition coefficient (Wildman–Crippen LogP) is 5.65. The van der Waals surface area contributed by atoms with Crippen LogP contribution in [0.2, 0.25) is 0 Å². The van der Waals surface area contributed by atoms with Crippen LogP contribution in [0.25, 0.3) is 10.8 Å². The van der Waals surface area contributed by atoms with Crippen molar-refractivity contribution in [3.8, 4) is 0 Å². The smallest absolute Gasteiger partial charge is 0.131 e. The van der Waals surface area contributed by atoms with E-state index in [0.29, 0.717) is 10.9 Å². The van der Waals surface area contributed by atoms with Crippen molar-refractivity contribution in [2.45, 2.75) is 6.10 Å². The lowest BCUT2D eigenvalue weighted by Crippen LogP contribution is -1.99. The molecule has 2 aromatic carbocycles. The van der Waals surface area contributed by atoms with Gasteiger partial charge in [0, 0.05) is 14.7 Å². The van der Waals surface area contributed by atoms with Crippen LogP contribution in [0.15, 0.2) is 50.7 Å². The minimum absolute atomic E-state index is 0.273. The highest BCUT2D eigenvalue weighted by Crippen LogP contribution is 2.39. The molecule has 0 fully saturated rings. The quantitative estimate of drug-likeness (QED) is 0.573. The van der Waals surface area contributed by atoms with Gasteiger partial charge in [-0.3, -0.25) is 0 Å². The Labute approximate surface area is 136 Å². The van der Waals surface area contributed by atoms with Crippen molar-refractivity contribution in [2.75, 3.05) is 0 Å². The topological polar surface area (TPSA) is 20.2 Å². The van der Waals surface area contributed by atoms with Crippen LogP contribution in [0.4, 0.5) is 4.39 Å². The van der Waals surface area contributed by atoms with Gasteiger partial charge in [0.2, 0.25) is 0 Å². The van der Waals surface area contributed by atoms with Crippen molar-refractivity contribution in [1.29, 1.82) is 0 Å². The first-order valence-corrected chi connectivity index (χ1v) is 8.28. The van der Waals surface area contributed by atoms with Crippen LogP contribution in [0.3, 0.4) is 0 Å². The van der Waals surface area contributed by atoms with Gasteiger partial charge >= 0.3 is 0 Å². The maximum atomic E-state index is 13.8. The summed E-state index contributed by atoms with van der Waals surface area (Å²) in [5.41, 5.74) is 0.711. The summed E-state index contributed by atoms with van der Waals surface area (Å²) < 4.78 is 15.6. The molecule has 1 unspecified atom stereocenters. The van der Waals surface area contributed by atoms with Crippen LogP contribution in [-0.2, 0) is 0 Å². The molecule has 1 aromatic heterocycles. The molecule has 0 amide bonds. The number of hydrogen-bond donors (Lipinski definition) is 1. The average molecular weight is 416 g/mol. The first-order valence-electron chi connectivity index (χ1n) is 5.88. The highest BCUT2D eigenvalue weighted by atomic mass is 79.9. The van der Waals surface area contributed by atoms with Gasteiger partial charge in [0.25, 0.3) is 0 Å². The van der Waals surface area contributed by atoms with Crippen molar-refractivity contribution < 1.29 is 9.50 Å². The number of rotatable bonds is 2. The third-order valence-electron chi connectivity index (χ3n) is 3.13. The van der Waals surface area contributed by atoms with Crippen molar-refractivity contribution in [3.05, 3.63) is 67.0 Å². The fourth-order valence-corrected chi connectivity index (χ4v) is 4.27. The molecule has 0 aliphatic rings. The van der Waals surface area contributed by atoms with Gasteiger partial charge in [0.1, 0.15) is 11.9 Å². The molecule has 0 spiro atoms. The molecule has 20 heavy (non-hydrogen) atoms. The molecule has 1 atom stereocenters. The number of fused-ring (bicyclic) bond motifs is 1. The molecule has 5 heteroatoms. The SMILES string of the molecule is OC(c1cc(Br)c(Br)s1)c1ccc(F)c2ccccc12. The van der Waals surface area contributed by atoms with E-state index in [2.05, 4.69) is 31.9 Å². The van der Waals surface area contributed by atoms with Gasteiger partial charge in [-0.15, -0.1) is 11.3 Å². The van der Waals surface area contributed by atoms with Crippen LogP contribution in [0.1, 0.15) is 16.5 Å². The summed E-state index contributed by atoms with van der Waals surface area (Å²) in [7, 11) is 0. The number of aliphatic hydroxyl groups is 1. The monoisotopic (exact) mass is 414 g/mol. The Bertz CT molecular complexity index is 765. The maximum Gasteiger partial charge on any atom is 0.131 e. The van der Waals surface area contributed by atoms with Crippen molar-refractivity contribution in [2.24, 2.45) is 0 Å². The predicted molar refractivity (Wildman–Crippen MR) is 87.7 cm³/mol. The summed E-state index contributed by atoms with van der Waals surface area (Å²) in [6.45, 7) is 0. The second kappa shape index (κ2) is 5.56. The van der Waals surface area contributed by atoms with Gasteiger partial charge in [0.05, 0.1) is 3.79 Å². The molecule has 0 bridgehead atoms. The molecule has 0 saturated carbocycles. The van der Waals surface area contributed by atoms with E-state index in [4.69, 9.17) is 0 Å². The van der Waals surface area contributed by atoms with Gasteiger partial charge in [-0.05, 0) is 54.9 Å². The lowest BCUT2D eigenvalue weighted by Gasteiger charge is -2.12. The Balaban J connectivity index is 2.17. The maximum absolute atomic E-state index is 13.8. The van der Waals surface area contributed by atoms with Gasteiger partial charge in [-0.25, -0.2) is 4.39 Å². The largest absolute Gasteiger partial charge is 0.383 e. The second-order valence-corrected chi connectivity index (χ2v) is 7.61. The molecule has 0 radical (unpaired) electrons. The lowest BCUT2D eigenvalue weighted by molar-refractivity contribution is 0.225. The third kappa shape index (κ3) is 2.44. The van der Waals surface area contributed by atoms with E-state index in [1.54, 1.807) is 18.2 Å². The molecule has 0 aliphatic heterocycles. The summed E-state index contributed by atoms with van der Waals surface area (Å²) in [6, 6.07) is 12.1. The Morgan fingerprint density at radius 3 is 2.40 bits per heavy atom. The van der Waals surface area contributed by atoms with E-state index >= 15 is 0 Å². The summed E-state index contributed by atoms with van der Waals surface area (Å²) in [5.74, 6) is -0.273. The van der Waals surface area contributed by atoms with E-state index in [1.165, 1.54) is 17.4 Å². The standard InChI is InChI=1S/C15H9Br2FOS/c16-11-7-13(20-15(11)17)14(19)10-5-6-12(18)9-4-2-1-3-8(9)10/h1-7,14,19H. The fourth-order valence-electron chi connectivity index (χ4n) is 2.18. The minimum Gasteiger partial charge on any atom is -0.383 e. The molecule has 1 nitrogen and oxygen atoms in total. The normalized spacial score (nSPS) is 12.8. The summed E-state index contributed by atoms with van der Waals surface area (Å²) in [6.07, 6.45) is -0.770. The molecule has 3 rings (SSSR count). The van der Waals surface area contributed by atoms with E-state index in [9.17, 15) is 9.50 Å². The van der Waals surface area contributed by atoms with Crippen LogP contribution in [0.5, 0.6) is 0 Å². The zero-order valence-electron chi connectivity index (χ0n) is 10.1. The van der Waals surface area contributed by atoms with Crippen LogP contribution in [0, 0.1) is 5.82 Å². The number of thiophene rings is 1. The second-order valence-electron chi connectivity index (χ2n) is 4.36.